The highest BCUT2D eigenvalue weighted by atomic mass is 16.5. The second-order valence-corrected chi connectivity index (χ2v) is 6.16. The van der Waals surface area contributed by atoms with Crippen molar-refractivity contribution in [2.45, 2.75) is 45.7 Å². The number of hydrogen-bond donors (Lipinski definition) is 1. The summed E-state index contributed by atoms with van der Waals surface area (Å²) in [5.41, 5.74) is 2.65. The average Bonchev–Trinajstić information content (AvgIpc) is 2.73. The summed E-state index contributed by atoms with van der Waals surface area (Å²) in [6, 6.07) is 6.54. The molecule has 1 unspecified atom stereocenters. The molecule has 1 atom stereocenters. The van der Waals surface area contributed by atoms with Gasteiger partial charge in [0.25, 0.3) is 0 Å². The molecule has 0 amide bonds. The van der Waals surface area contributed by atoms with Gasteiger partial charge >= 0.3 is 0 Å². The Morgan fingerprint density at radius 1 is 1.29 bits per heavy atom. The normalized spacial score (nSPS) is 20.2. The molecule has 0 saturated carbocycles. The Hall–Kier alpha value is -1.06. The van der Waals surface area contributed by atoms with E-state index in [1.165, 1.54) is 49.9 Å². The minimum atomic E-state index is 0.912. The molecule has 118 valence electrons. The third-order valence-electron chi connectivity index (χ3n) is 4.64. The molecule has 3 nitrogen and oxygen atoms in total. The Morgan fingerprint density at radius 2 is 2.14 bits per heavy atom. The molecule has 0 aliphatic carbocycles. The molecule has 1 aliphatic rings. The van der Waals surface area contributed by atoms with E-state index in [4.69, 9.17) is 4.74 Å². The first-order chi connectivity index (χ1) is 10.3. The van der Waals surface area contributed by atoms with E-state index in [-0.39, 0.29) is 0 Å². The van der Waals surface area contributed by atoms with Crippen molar-refractivity contribution in [2.75, 3.05) is 27.2 Å². The van der Waals surface area contributed by atoms with Crippen molar-refractivity contribution in [3.63, 3.8) is 0 Å². The number of hydrogen-bond acceptors (Lipinski definition) is 3. The highest BCUT2D eigenvalue weighted by Gasteiger charge is 2.17. The summed E-state index contributed by atoms with van der Waals surface area (Å²) in [6.07, 6.45) is 5.39. The summed E-state index contributed by atoms with van der Waals surface area (Å²) < 4.78 is 5.55. The van der Waals surface area contributed by atoms with Crippen molar-refractivity contribution in [1.29, 1.82) is 0 Å². The number of nitrogens with zero attached hydrogens (tertiary/aromatic N) is 1. The Kier molecular flexibility index (Phi) is 6.52. The fraction of sp³-hybridized carbons (Fsp3) is 0.667. The minimum Gasteiger partial charge on any atom is -0.496 e. The first-order valence-corrected chi connectivity index (χ1v) is 8.29. The monoisotopic (exact) mass is 290 g/mol. The molecule has 0 bridgehead atoms. The summed E-state index contributed by atoms with van der Waals surface area (Å²) in [5, 5.41) is 3.22. The van der Waals surface area contributed by atoms with Crippen molar-refractivity contribution >= 4 is 0 Å². The van der Waals surface area contributed by atoms with Crippen LogP contribution in [0.3, 0.4) is 0 Å². The number of rotatable bonds is 6. The molecule has 1 aromatic rings. The maximum absolute atomic E-state index is 5.55. The first kappa shape index (κ1) is 16.3. The lowest BCUT2D eigenvalue weighted by Gasteiger charge is -2.22. The molecule has 0 radical (unpaired) electrons. The maximum atomic E-state index is 5.55. The standard InChI is InChI=1S/C18H30N2O/c1-4-15-6-5-10-20(11-9-15)14-17-12-16(13-19-2)7-8-18(17)21-3/h7-8,12,15,19H,4-6,9-11,13-14H2,1-3H3. The molecule has 3 heteroatoms. The van der Waals surface area contributed by atoms with Crippen LogP contribution in [0.4, 0.5) is 0 Å². The van der Waals surface area contributed by atoms with Gasteiger partial charge < -0.3 is 10.1 Å². The first-order valence-electron chi connectivity index (χ1n) is 8.29. The zero-order valence-electron chi connectivity index (χ0n) is 13.8. The van der Waals surface area contributed by atoms with E-state index in [1.807, 2.05) is 7.05 Å². The topological polar surface area (TPSA) is 24.5 Å². The van der Waals surface area contributed by atoms with Gasteiger partial charge in [0.05, 0.1) is 7.11 Å². The molecule has 0 spiro atoms. The fourth-order valence-electron chi connectivity index (χ4n) is 3.30. The minimum absolute atomic E-state index is 0.912. The van der Waals surface area contributed by atoms with Gasteiger partial charge in [-0.3, -0.25) is 4.90 Å². The number of likely N-dealkylation sites (tertiary alicyclic amines) is 1. The van der Waals surface area contributed by atoms with Gasteiger partial charge in [-0.15, -0.1) is 0 Å². The second kappa shape index (κ2) is 8.40. The van der Waals surface area contributed by atoms with Crippen LogP contribution < -0.4 is 10.1 Å². The molecule has 1 heterocycles. The van der Waals surface area contributed by atoms with Crippen molar-refractivity contribution < 1.29 is 4.74 Å². The van der Waals surface area contributed by atoms with E-state index in [2.05, 4.69) is 35.3 Å². The van der Waals surface area contributed by atoms with Crippen molar-refractivity contribution in [1.82, 2.24) is 10.2 Å². The third-order valence-corrected chi connectivity index (χ3v) is 4.64. The van der Waals surface area contributed by atoms with Crippen LogP contribution in [0.15, 0.2) is 18.2 Å². The third kappa shape index (κ3) is 4.72. The van der Waals surface area contributed by atoms with E-state index in [9.17, 15) is 0 Å². The molecule has 1 saturated heterocycles. The van der Waals surface area contributed by atoms with Crippen LogP contribution in [0.25, 0.3) is 0 Å². The molecule has 0 aromatic heterocycles. The van der Waals surface area contributed by atoms with Crippen LogP contribution in [0, 0.1) is 5.92 Å². The zero-order chi connectivity index (χ0) is 15.1. The Bertz CT molecular complexity index is 433. The SMILES string of the molecule is CCC1CCCN(Cc2cc(CNC)ccc2OC)CC1. The lowest BCUT2D eigenvalue weighted by Crippen LogP contribution is -2.24. The highest BCUT2D eigenvalue weighted by Crippen LogP contribution is 2.25. The highest BCUT2D eigenvalue weighted by molar-refractivity contribution is 5.37. The summed E-state index contributed by atoms with van der Waals surface area (Å²) in [7, 11) is 3.76. The fourth-order valence-corrected chi connectivity index (χ4v) is 3.30. The average molecular weight is 290 g/mol. The molecule has 1 N–H and O–H groups in total. The predicted molar refractivity (Wildman–Crippen MR) is 88.7 cm³/mol. The van der Waals surface area contributed by atoms with Crippen molar-refractivity contribution in [3.05, 3.63) is 29.3 Å². The number of nitrogens with one attached hydrogen (secondary N) is 1. The summed E-state index contributed by atoms with van der Waals surface area (Å²) in [5.74, 6) is 1.94. The molecule has 1 aromatic carbocycles. The van der Waals surface area contributed by atoms with E-state index in [0.29, 0.717) is 0 Å². The molecule has 1 aliphatic heterocycles. The quantitative estimate of drug-likeness (QED) is 0.869. The van der Waals surface area contributed by atoms with E-state index < -0.39 is 0 Å². The van der Waals surface area contributed by atoms with E-state index in [1.54, 1.807) is 7.11 Å². The van der Waals surface area contributed by atoms with Crippen LogP contribution in [0.2, 0.25) is 0 Å². The second-order valence-electron chi connectivity index (χ2n) is 6.16. The van der Waals surface area contributed by atoms with Gasteiger partial charge in [-0.1, -0.05) is 19.4 Å². The Balaban J connectivity index is 2.04. The molecular formula is C18H30N2O. The molecule has 2 rings (SSSR count). The van der Waals surface area contributed by atoms with Gasteiger partial charge in [0.15, 0.2) is 0 Å². The Labute approximate surface area is 129 Å². The van der Waals surface area contributed by atoms with Gasteiger partial charge in [0.1, 0.15) is 5.75 Å². The smallest absolute Gasteiger partial charge is 0.123 e. The molecule has 1 fully saturated rings. The summed E-state index contributed by atoms with van der Waals surface area (Å²) in [6.45, 7) is 6.68. The van der Waals surface area contributed by atoms with Crippen LogP contribution in [-0.2, 0) is 13.1 Å². The van der Waals surface area contributed by atoms with Gasteiger partial charge in [-0.25, -0.2) is 0 Å². The lowest BCUT2D eigenvalue weighted by molar-refractivity contribution is 0.267. The largest absolute Gasteiger partial charge is 0.496 e. The lowest BCUT2D eigenvalue weighted by atomic mass is 9.98. The number of methoxy groups -OCH3 is 1. The van der Waals surface area contributed by atoms with Crippen LogP contribution >= 0.6 is 0 Å². The van der Waals surface area contributed by atoms with Gasteiger partial charge in [-0.05, 0) is 63.0 Å². The van der Waals surface area contributed by atoms with Crippen molar-refractivity contribution in [3.8, 4) is 5.75 Å². The van der Waals surface area contributed by atoms with Crippen LogP contribution in [0.1, 0.15) is 43.7 Å². The summed E-state index contributed by atoms with van der Waals surface area (Å²) >= 11 is 0. The van der Waals surface area contributed by atoms with Crippen LogP contribution in [0.5, 0.6) is 5.75 Å². The molecule has 21 heavy (non-hydrogen) atoms. The maximum Gasteiger partial charge on any atom is 0.123 e. The summed E-state index contributed by atoms with van der Waals surface area (Å²) in [4.78, 5) is 2.59. The molecular weight excluding hydrogens is 260 g/mol. The zero-order valence-corrected chi connectivity index (χ0v) is 13.8. The van der Waals surface area contributed by atoms with Crippen molar-refractivity contribution in [2.24, 2.45) is 5.92 Å². The van der Waals surface area contributed by atoms with Gasteiger partial charge in [0, 0.05) is 18.7 Å². The number of ether oxygens (including phenoxy) is 1. The number of benzene rings is 1. The Morgan fingerprint density at radius 3 is 2.86 bits per heavy atom. The predicted octanol–water partition coefficient (Wildman–Crippen LogP) is 3.43. The van der Waals surface area contributed by atoms with Gasteiger partial charge in [-0.2, -0.15) is 0 Å². The van der Waals surface area contributed by atoms with Gasteiger partial charge in [0.2, 0.25) is 0 Å². The van der Waals surface area contributed by atoms with E-state index in [0.717, 1.165) is 24.8 Å². The van der Waals surface area contributed by atoms with E-state index >= 15 is 0 Å². The van der Waals surface area contributed by atoms with Crippen LogP contribution in [-0.4, -0.2) is 32.1 Å².